The van der Waals surface area contributed by atoms with Crippen molar-refractivity contribution in [3.63, 3.8) is 0 Å². The number of benzene rings is 3. The largest absolute Gasteiger partial charge is 0.387 e. The van der Waals surface area contributed by atoms with Crippen LogP contribution in [-0.2, 0) is 27.4 Å². The highest BCUT2D eigenvalue weighted by atomic mass is 32.2. The van der Waals surface area contributed by atoms with Crippen molar-refractivity contribution in [1.82, 2.24) is 0 Å². The van der Waals surface area contributed by atoms with Gasteiger partial charge in [-0.05, 0) is 30.2 Å². The van der Waals surface area contributed by atoms with E-state index >= 15 is 0 Å². The number of ether oxygens (including phenoxy) is 3. The lowest BCUT2D eigenvalue weighted by Gasteiger charge is -2.43. The summed E-state index contributed by atoms with van der Waals surface area (Å²) in [6, 6.07) is 30.0. The third-order valence-electron chi connectivity index (χ3n) is 5.32. The summed E-state index contributed by atoms with van der Waals surface area (Å²) in [6.07, 6.45) is -2.08. The van der Waals surface area contributed by atoms with Crippen LogP contribution < -0.4 is 0 Å². The summed E-state index contributed by atoms with van der Waals surface area (Å²) in [5.41, 5.74) is 1.77. The molecule has 162 valence electrons. The second kappa shape index (κ2) is 10.9. The van der Waals surface area contributed by atoms with Gasteiger partial charge in [-0.3, -0.25) is 0 Å². The van der Waals surface area contributed by atoms with Crippen LogP contribution in [0.15, 0.2) is 95.9 Å². The first kappa shape index (κ1) is 22.1. The van der Waals surface area contributed by atoms with Crippen LogP contribution in [0.2, 0.25) is 0 Å². The maximum atomic E-state index is 11.3. The summed E-state index contributed by atoms with van der Waals surface area (Å²) in [5, 5.41) is 11.3. The number of hydrogen-bond acceptors (Lipinski definition) is 5. The van der Waals surface area contributed by atoms with Gasteiger partial charge in [0.1, 0.15) is 23.7 Å². The fourth-order valence-electron chi connectivity index (χ4n) is 3.66. The first-order chi connectivity index (χ1) is 15.2. The molecule has 1 fully saturated rings. The molecule has 3 aromatic carbocycles. The van der Waals surface area contributed by atoms with Crippen LogP contribution in [0, 0.1) is 0 Å². The van der Waals surface area contributed by atoms with E-state index in [1.54, 1.807) is 11.8 Å². The minimum atomic E-state index is -0.808. The highest BCUT2D eigenvalue weighted by Crippen LogP contribution is 2.36. The standard InChI is InChI=1S/C26H28O4S/c1-19-24(28-17-20-11-5-2-6-12-20)23(27)25(29-18-21-13-7-3-8-14-21)26(30-19)31-22-15-9-4-10-16-22/h2-16,19,23-27H,17-18H2,1H3/t19-,23+,24-,25+,26-/m0/s1. The molecule has 4 nitrogen and oxygen atoms in total. The predicted molar refractivity (Wildman–Crippen MR) is 123 cm³/mol. The second-order valence-corrected chi connectivity index (χ2v) is 8.83. The fraction of sp³-hybridized carbons (Fsp3) is 0.308. The Morgan fingerprint density at radius 2 is 1.23 bits per heavy atom. The molecule has 1 aliphatic heterocycles. The molecule has 0 radical (unpaired) electrons. The molecule has 1 aliphatic rings. The predicted octanol–water partition coefficient (Wildman–Crippen LogP) is 5.06. The molecule has 31 heavy (non-hydrogen) atoms. The third-order valence-corrected chi connectivity index (χ3v) is 6.47. The lowest BCUT2D eigenvalue weighted by atomic mass is 10.00. The number of aliphatic hydroxyl groups excluding tert-OH is 1. The molecule has 0 spiro atoms. The van der Waals surface area contributed by atoms with Crippen LogP contribution in [-0.4, -0.2) is 35.0 Å². The van der Waals surface area contributed by atoms with E-state index in [1.807, 2.05) is 97.9 Å². The van der Waals surface area contributed by atoms with Crippen molar-refractivity contribution < 1.29 is 19.3 Å². The quantitative estimate of drug-likeness (QED) is 0.535. The molecule has 0 aromatic heterocycles. The van der Waals surface area contributed by atoms with E-state index in [2.05, 4.69) is 0 Å². The third kappa shape index (κ3) is 5.97. The highest BCUT2D eigenvalue weighted by Gasteiger charge is 2.45. The molecule has 1 N–H and O–H groups in total. The topological polar surface area (TPSA) is 47.9 Å². The number of rotatable bonds is 8. The Kier molecular flexibility index (Phi) is 7.78. The van der Waals surface area contributed by atoms with E-state index in [-0.39, 0.29) is 11.5 Å². The van der Waals surface area contributed by atoms with Gasteiger partial charge in [0, 0.05) is 4.90 Å². The van der Waals surface area contributed by atoms with Crippen molar-refractivity contribution in [2.24, 2.45) is 0 Å². The summed E-state index contributed by atoms with van der Waals surface area (Å²) in [4.78, 5) is 1.07. The molecule has 4 rings (SSSR count). The van der Waals surface area contributed by atoms with Crippen molar-refractivity contribution in [2.45, 2.75) is 54.9 Å². The average Bonchev–Trinajstić information content (AvgIpc) is 2.80. The van der Waals surface area contributed by atoms with E-state index in [0.717, 1.165) is 16.0 Å². The number of thioether (sulfide) groups is 1. The Labute approximate surface area is 188 Å². The van der Waals surface area contributed by atoms with Crippen LogP contribution in [0.3, 0.4) is 0 Å². The minimum absolute atomic E-state index is 0.267. The normalized spacial score (nSPS) is 25.9. The summed E-state index contributed by atoms with van der Waals surface area (Å²) in [5.74, 6) is 0. The Balaban J connectivity index is 1.48. The molecule has 5 atom stereocenters. The monoisotopic (exact) mass is 436 g/mol. The lowest BCUT2D eigenvalue weighted by molar-refractivity contribution is -0.226. The molecule has 0 aliphatic carbocycles. The van der Waals surface area contributed by atoms with Crippen molar-refractivity contribution in [3.05, 3.63) is 102 Å². The van der Waals surface area contributed by atoms with Crippen molar-refractivity contribution in [2.75, 3.05) is 0 Å². The Morgan fingerprint density at radius 1 is 0.742 bits per heavy atom. The van der Waals surface area contributed by atoms with Gasteiger partial charge in [0.05, 0.1) is 19.3 Å². The summed E-state index contributed by atoms with van der Waals surface area (Å²) in [6.45, 7) is 2.76. The van der Waals surface area contributed by atoms with E-state index in [9.17, 15) is 5.11 Å². The molecule has 1 heterocycles. The van der Waals surface area contributed by atoms with Crippen molar-refractivity contribution >= 4 is 11.8 Å². The summed E-state index contributed by atoms with van der Waals surface area (Å²) >= 11 is 1.57. The summed E-state index contributed by atoms with van der Waals surface area (Å²) in [7, 11) is 0. The zero-order valence-electron chi connectivity index (χ0n) is 17.5. The van der Waals surface area contributed by atoms with Gasteiger partial charge >= 0.3 is 0 Å². The molecule has 0 bridgehead atoms. The van der Waals surface area contributed by atoms with Gasteiger partial charge in [-0.1, -0.05) is 90.6 Å². The van der Waals surface area contributed by atoms with Crippen molar-refractivity contribution in [1.29, 1.82) is 0 Å². The fourth-order valence-corrected chi connectivity index (χ4v) is 4.85. The van der Waals surface area contributed by atoms with E-state index in [4.69, 9.17) is 14.2 Å². The van der Waals surface area contributed by atoms with Crippen LogP contribution in [0.4, 0.5) is 0 Å². The smallest absolute Gasteiger partial charge is 0.136 e. The van der Waals surface area contributed by atoms with Crippen LogP contribution >= 0.6 is 11.8 Å². The highest BCUT2D eigenvalue weighted by molar-refractivity contribution is 7.99. The molecule has 1 saturated heterocycles. The van der Waals surface area contributed by atoms with Gasteiger partial charge in [0.2, 0.25) is 0 Å². The van der Waals surface area contributed by atoms with Crippen LogP contribution in [0.25, 0.3) is 0 Å². The number of hydrogen-bond donors (Lipinski definition) is 1. The Hall–Kier alpha value is -2.15. The Morgan fingerprint density at radius 3 is 1.77 bits per heavy atom. The number of aliphatic hydroxyl groups is 1. The molecular formula is C26H28O4S. The first-order valence-electron chi connectivity index (χ1n) is 10.6. The van der Waals surface area contributed by atoms with E-state index < -0.39 is 18.3 Å². The molecule has 5 heteroatoms. The summed E-state index contributed by atoms with van der Waals surface area (Å²) < 4.78 is 18.6. The van der Waals surface area contributed by atoms with Crippen LogP contribution in [0.1, 0.15) is 18.1 Å². The maximum absolute atomic E-state index is 11.3. The molecule has 3 aromatic rings. The van der Waals surface area contributed by atoms with Crippen LogP contribution in [0.5, 0.6) is 0 Å². The molecular weight excluding hydrogens is 408 g/mol. The first-order valence-corrected chi connectivity index (χ1v) is 11.4. The molecule has 0 amide bonds. The average molecular weight is 437 g/mol. The molecule has 0 saturated carbocycles. The van der Waals surface area contributed by atoms with E-state index in [0.29, 0.717) is 13.2 Å². The van der Waals surface area contributed by atoms with Gasteiger partial charge < -0.3 is 19.3 Å². The van der Waals surface area contributed by atoms with Gasteiger partial charge in [0.15, 0.2) is 0 Å². The van der Waals surface area contributed by atoms with Gasteiger partial charge in [0.25, 0.3) is 0 Å². The minimum Gasteiger partial charge on any atom is -0.387 e. The SMILES string of the molecule is C[C@@H]1O[C@@H](Sc2ccccc2)[C@H](OCc2ccccc2)[C@H](O)[C@H]1OCc1ccccc1. The van der Waals surface area contributed by atoms with Gasteiger partial charge in [-0.25, -0.2) is 0 Å². The lowest BCUT2D eigenvalue weighted by Crippen LogP contribution is -2.57. The van der Waals surface area contributed by atoms with E-state index in [1.165, 1.54) is 0 Å². The zero-order chi connectivity index (χ0) is 21.5. The molecule has 0 unspecified atom stereocenters. The second-order valence-electron chi connectivity index (χ2n) is 7.65. The maximum Gasteiger partial charge on any atom is 0.136 e. The zero-order valence-corrected chi connectivity index (χ0v) is 18.4. The van der Waals surface area contributed by atoms with Gasteiger partial charge in [-0.2, -0.15) is 0 Å². The van der Waals surface area contributed by atoms with Crippen molar-refractivity contribution in [3.8, 4) is 0 Å². The Bertz CT molecular complexity index is 906. The van der Waals surface area contributed by atoms with Gasteiger partial charge in [-0.15, -0.1) is 0 Å².